The zero-order valence-electron chi connectivity index (χ0n) is 13.7. The summed E-state index contributed by atoms with van der Waals surface area (Å²) in [5.41, 5.74) is 2.42. The van der Waals surface area contributed by atoms with E-state index in [1.807, 2.05) is 16.8 Å². The summed E-state index contributed by atoms with van der Waals surface area (Å²) in [6.45, 7) is 7.43. The SMILES string of the molecule is CC1CCN(C(C)CNC(=O)c2cn[nH]c2-c2ccsc2)CC1. The Balaban J connectivity index is 1.57. The maximum Gasteiger partial charge on any atom is 0.255 e. The van der Waals surface area contributed by atoms with Gasteiger partial charge in [-0.05, 0) is 50.2 Å². The minimum atomic E-state index is -0.0582. The van der Waals surface area contributed by atoms with Gasteiger partial charge in [-0.15, -0.1) is 0 Å². The standard InChI is InChI=1S/C17H24N4OS/c1-12-3-6-21(7-4-12)13(2)9-18-17(22)15-10-19-20-16(15)14-5-8-23-11-14/h5,8,10-13H,3-4,6-7,9H2,1-2H3,(H,18,22)(H,19,20). The first-order valence-electron chi connectivity index (χ1n) is 8.23. The summed E-state index contributed by atoms with van der Waals surface area (Å²) in [6, 6.07) is 2.36. The molecule has 23 heavy (non-hydrogen) atoms. The van der Waals surface area contributed by atoms with Crippen LogP contribution in [0.4, 0.5) is 0 Å². The summed E-state index contributed by atoms with van der Waals surface area (Å²) < 4.78 is 0. The Hall–Kier alpha value is -1.66. The largest absolute Gasteiger partial charge is 0.350 e. The lowest BCUT2D eigenvalue weighted by atomic mass is 9.98. The van der Waals surface area contributed by atoms with Gasteiger partial charge < -0.3 is 5.32 Å². The molecule has 0 spiro atoms. The highest BCUT2D eigenvalue weighted by atomic mass is 32.1. The first-order chi connectivity index (χ1) is 11.1. The minimum Gasteiger partial charge on any atom is -0.350 e. The Morgan fingerprint density at radius 2 is 2.30 bits per heavy atom. The zero-order chi connectivity index (χ0) is 16.2. The van der Waals surface area contributed by atoms with Crippen molar-refractivity contribution < 1.29 is 4.79 Å². The maximum absolute atomic E-state index is 12.5. The lowest BCUT2D eigenvalue weighted by Gasteiger charge is -2.35. The van der Waals surface area contributed by atoms with Gasteiger partial charge in [0.1, 0.15) is 0 Å². The first-order valence-corrected chi connectivity index (χ1v) is 9.17. The van der Waals surface area contributed by atoms with Gasteiger partial charge in [0.05, 0.1) is 17.5 Å². The molecule has 1 amide bonds. The van der Waals surface area contributed by atoms with Crippen LogP contribution < -0.4 is 5.32 Å². The summed E-state index contributed by atoms with van der Waals surface area (Å²) in [5, 5.41) is 14.0. The van der Waals surface area contributed by atoms with Crippen LogP contribution in [-0.2, 0) is 0 Å². The van der Waals surface area contributed by atoms with Gasteiger partial charge in [0.25, 0.3) is 5.91 Å². The van der Waals surface area contributed by atoms with Crippen molar-refractivity contribution in [3.05, 3.63) is 28.6 Å². The topological polar surface area (TPSA) is 61.0 Å². The van der Waals surface area contributed by atoms with Crippen LogP contribution in [0.1, 0.15) is 37.0 Å². The van der Waals surface area contributed by atoms with Crippen LogP contribution in [0.15, 0.2) is 23.0 Å². The Labute approximate surface area is 141 Å². The fraction of sp³-hybridized carbons (Fsp3) is 0.529. The van der Waals surface area contributed by atoms with Crippen molar-refractivity contribution in [1.82, 2.24) is 20.4 Å². The van der Waals surface area contributed by atoms with Gasteiger partial charge >= 0.3 is 0 Å². The molecule has 1 aliphatic heterocycles. The van der Waals surface area contributed by atoms with Crippen molar-refractivity contribution >= 4 is 17.2 Å². The van der Waals surface area contributed by atoms with E-state index in [-0.39, 0.29) is 5.91 Å². The van der Waals surface area contributed by atoms with E-state index >= 15 is 0 Å². The molecule has 3 rings (SSSR count). The fourth-order valence-electron chi connectivity index (χ4n) is 3.02. The summed E-state index contributed by atoms with van der Waals surface area (Å²) in [6.07, 6.45) is 4.11. The summed E-state index contributed by atoms with van der Waals surface area (Å²) >= 11 is 1.61. The highest BCUT2D eigenvalue weighted by Crippen LogP contribution is 2.23. The van der Waals surface area contributed by atoms with E-state index in [1.165, 1.54) is 12.8 Å². The summed E-state index contributed by atoms with van der Waals surface area (Å²) in [5.74, 6) is 0.768. The lowest BCUT2D eigenvalue weighted by Crippen LogP contribution is -2.45. The molecule has 1 saturated heterocycles. The molecule has 1 aliphatic rings. The highest BCUT2D eigenvalue weighted by molar-refractivity contribution is 7.08. The molecule has 2 aromatic rings. The molecule has 1 fully saturated rings. The van der Waals surface area contributed by atoms with Gasteiger partial charge in [0.2, 0.25) is 0 Å². The Morgan fingerprint density at radius 1 is 1.52 bits per heavy atom. The monoisotopic (exact) mass is 332 g/mol. The van der Waals surface area contributed by atoms with Crippen LogP contribution in [0.3, 0.4) is 0 Å². The number of amides is 1. The second-order valence-electron chi connectivity index (χ2n) is 6.45. The van der Waals surface area contributed by atoms with Crippen molar-refractivity contribution in [2.75, 3.05) is 19.6 Å². The predicted octanol–water partition coefficient (Wildman–Crippen LogP) is 2.99. The van der Waals surface area contributed by atoms with Gasteiger partial charge in [-0.3, -0.25) is 14.8 Å². The van der Waals surface area contributed by atoms with Crippen molar-refractivity contribution in [3.63, 3.8) is 0 Å². The molecule has 1 atom stereocenters. The molecule has 1 unspecified atom stereocenters. The number of carbonyl (C=O) groups excluding carboxylic acids is 1. The third-order valence-corrected chi connectivity index (χ3v) is 5.38. The zero-order valence-corrected chi connectivity index (χ0v) is 14.5. The molecule has 0 aromatic carbocycles. The maximum atomic E-state index is 12.5. The van der Waals surface area contributed by atoms with Crippen LogP contribution in [0, 0.1) is 5.92 Å². The third-order valence-electron chi connectivity index (χ3n) is 4.69. The van der Waals surface area contributed by atoms with Crippen LogP contribution in [0.25, 0.3) is 11.3 Å². The fourth-order valence-corrected chi connectivity index (χ4v) is 3.67. The molecule has 0 bridgehead atoms. The Kier molecular flexibility index (Phi) is 5.13. The van der Waals surface area contributed by atoms with Gasteiger partial charge in [-0.2, -0.15) is 16.4 Å². The number of aromatic nitrogens is 2. The number of H-pyrrole nitrogens is 1. The van der Waals surface area contributed by atoms with Crippen LogP contribution in [-0.4, -0.2) is 46.7 Å². The number of likely N-dealkylation sites (tertiary alicyclic amines) is 1. The Bertz CT molecular complexity index is 629. The summed E-state index contributed by atoms with van der Waals surface area (Å²) in [7, 11) is 0. The average Bonchev–Trinajstić information content (AvgIpc) is 3.23. The van der Waals surface area contributed by atoms with Gasteiger partial charge in [0.15, 0.2) is 0 Å². The number of carbonyl (C=O) groups is 1. The molecular weight excluding hydrogens is 308 g/mol. The number of rotatable bonds is 5. The van der Waals surface area contributed by atoms with E-state index in [4.69, 9.17) is 0 Å². The number of nitrogens with one attached hydrogen (secondary N) is 2. The van der Waals surface area contributed by atoms with Crippen molar-refractivity contribution in [3.8, 4) is 11.3 Å². The van der Waals surface area contributed by atoms with Gasteiger partial charge in [0, 0.05) is 23.5 Å². The predicted molar refractivity (Wildman–Crippen MR) is 93.7 cm³/mol. The molecule has 6 heteroatoms. The van der Waals surface area contributed by atoms with Crippen molar-refractivity contribution in [2.24, 2.45) is 5.92 Å². The molecule has 0 radical (unpaired) electrons. The van der Waals surface area contributed by atoms with E-state index in [1.54, 1.807) is 17.5 Å². The second kappa shape index (κ2) is 7.27. The van der Waals surface area contributed by atoms with E-state index in [9.17, 15) is 4.79 Å². The summed E-state index contributed by atoms with van der Waals surface area (Å²) in [4.78, 5) is 14.9. The number of piperidine rings is 1. The average molecular weight is 332 g/mol. The van der Waals surface area contributed by atoms with E-state index in [0.717, 1.165) is 30.3 Å². The first kappa shape index (κ1) is 16.2. The minimum absolute atomic E-state index is 0.0582. The van der Waals surface area contributed by atoms with Crippen LogP contribution >= 0.6 is 11.3 Å². The smallest absolute Gasteiger partial charge is 0.255 e. The Morgan fingerprint density at radius 3 is 3.00 bits per heavy atom. The molecule has 0 saturated carbocycles. The van der Waals surface area contributed by atoms with Crippen molar-refractivity contribution in [2.45, 2.75) is 32.7 Å². The lowest BCUT2D eigenvalue weighted by molar-refractivity contribution is 0.0922. The molecule has 124 valence electrons. The van der Waals surface area contributed by atoms with E-state index < -0.39 is 0 Å². The van der Waals surface area contributed by atoms with Crippen LogP contribution in [0.2, 0.25) is 0 Å². The number of thiophene rings is 1. The molecular formula is C17H24N4OS. The molecule has 3 heterocycles. The van der Waals surface area contributed by atoms with Gasteiger partial charge in [-0.25, -0.2) is 0 Å². The normalized spacial score (nSPS) is 18.0. The third kappa shape index (κ3) is 3.82. The highest BCUT2D eigenvalue weighted by Gasteiger charge is 2.21. The van der Waals surface area contributed by atoms with Crippen molar-refractivity contribution in [1.29, 1.82) is 0 Å². The van der Waals surface area contributed by atoms with E-state index in [2.05, 4.69) is 34.3 Å². The molecule has 2 aromatic heterocycles. The quantitative estimate of drug-likeness (QED) is 0.885. The number of aromatic amines is 1. The van der Waals surface area contributed by atoms with Gasteiger partial charge in [-0.1, -0.05) is 6.92 Å². The molecule has 5 nitrogen and oxygen atoms in total. The molecule has 0 aliphatic carbocycles. The van der Waals surface area contributed by atoms with E-state index in [0.29, 0.717) is 18.2 Å². The number of nitrogens with zero attached hydrogens (tertiary/aromatic N) is 2. The molecule has 2 N–H and O–H groups in total. The number of hydrogen-bond acceptors (Lipinski definition) is 4. The second-order valence-corrected chi connectivity index (χ2v) is 7.23. The van der Waals surface area contributed by atoms with Crippen LogP contribution in [0.5, 0.6) is 0 Å². The number of hydrogen-bond donors (Lipinski definition) is 2.